The second-order valence-electron chi connectivity index (χ2n) is 4.92. The monoisotopic (exact) mass is 235 g/mol. The number of aromatic nitrogens is 2. The Hall–Kier alpha value is -1.36. The molecule has 0 amide bonds. The van der Waals surface area contributed by atoms with E-state index in [-0.39, 0.29) is 0 Å². The van der Waals surface area contributed by atoms with Crippen LogP contribution in [0.2, 0.25) is 0 Å². The summed E-state index contributed by atoms with van der Waals surface area (Å²) >= 11 is 0. The van der Waals surface area contributed by atoms with Gasteiger partial charge < -0.3 is 15.1 Å². The average Bonchev–Trinajstić information content (AvgIpc) is 2.71. The van der Waals surface area contributed by atoms with Gasteiger partial charge in [-0.15, -0.1) is 0 Å². The van der Waals surface area contributed by atoms with Gasteiger partial charge in [0.15, 0.2) is 0 Å². The van der Waals surface area contributed by atoms with Crippen LogP contribution in [0.3, 0.4) is 0 Å². The molecule has 2 heterocycles. The highest BCUT2D eigenvalue weighted by molar-refractivity contribution is 5.49. The predicted molar refractivity (Wildman–Crippen MR) is 70.4 cm³/mol. The fourth-order valence-corrected chi connectivity index (χ4v) is 2.47. The van der Waals surface area contributed by atoms with E-state index in [9.17, 15) is 0 Å². The first-order valence-electron chi connectivity index (χ1n) is 6.03. The van der Waals surface area contributed by atoms with Crippen LogP contribution in [0.1, 0.15) is 6.92 Å². The summed E-state index contributed by atoms with van der Waals surface area (Å²) in [6.07, 6.45) is 1.62. The zero-order chi connectivity index (χ0) is 12.4. The zero-order valence-corrected chi connectivity index (χ0v) is 11.0. The second-order valence-corrected chi connectivity index (χ2v) is 4.92. The van der Waals surface area contributed by atoms with E-state index in [2.05, 4.69) is 46.1 Å². The first kappa shape index (κ1) is 12.1. The van der Waals surface area contributed by atoms with Gasteiger partial charge >= 0.3 is 0 Å². The van der Waals surface area contributed by atoms with Gasteiger partial charge in [-0.1, -0.05) is 6.92 Å². The summed E-state index contributed by atoms with van der Waals surface area (Å²) in [5, 5.41) is 3.05. The molecule has 2 unspecified atom stereocenters. The molecule has 1 aliphatic heterocycles. The Morgan fingerprint density at radius 2 is 2.12 bits per heavy atom. The van der Waals surface area contributed by atoms with Crippen molar-refractivity contribution < 1.29 is 0 Å². The summed E-state index contributed by atoms with van der Waals surface area (Å²) in [5.74, 6) is 2.55. The highest BCUT2D eigenvalue weighted by atomic mass is 15.3. The molecule has 0 spiro atoms. The van der Waals surface area contributed by atoms with Gasteiger partial charge in [0, 0.05) is 32.2 Å². The molecule has 0 radical (unpaired) electrons. The molecule has 0 aliphatic carbocycles. The largest absolute Gasteiger partial charge is 0.373 e. The van der Waals surface area contributed by atoms with Crippen LogP contribution in [-0.2, 0) is 0 Å². The van der Waals surface area contributed by atoms with Gasteiger partial charge in [0.2, 0.25) is 0 Å². The molecule has 0 bridgehead atoms. The molecule has 1 aliphatic rings. The van der Waals surface area contributed by atoms with E-state index in [4.69, 9.17) is 0 Å². The van der Waals surface area contributed by atoms with E-state index in [1.165, 1.54) is 0 Å². The Bertz CT molecular complexity index is 379. The SMILES string of the molecule is CNc1cc(N2CC(C)C(N(C)C)C2)ncn1. The maximum absolute atomic E-state index is 4.35. The van der Waals surface area contributed by atoms with Gasteiger partial charge in [0.1, 0.15) is 18.0 Å². The van der Waals surface area contributed by atoms with Gasteiger partial charge in [-0.2, -0.15) is 0 Å². The molecule has 0 aromatic carbocycles. The minimum absolute atomic E-state index is 0.600. The molecule has 1 fully saturated rings. The highest BCUT2D eigenvalue weighted by Crippen LogP contribution is 2.25. The van der Waals surface area contributed by atoms with Crippen LogP contribution >= 0.6 is 0 Å². The summed E-state index contributed by atoms with van der Waals surface area (Å²) in [6.45, 7) is 4.39. The van der Waals surface area contributed by atoms with Gasteiger partial charge in [-0.3, -0.25) is 0 Å². The minimum Gasteiger partial charge on any atom is -0.373 e. The zero-order valence-electron chi connectivity index (χ0n) is 11.0. The lowest BCUT2D eigenvalue weighted by molar-refractivity contribution is 0.266. The second kappa shape index (κ2) is 4.87. The van der Waals surface area contributed by atoms with E-state index in [0.717, 1.165) is 24.7 Å². The first-order chi connectivity index (χ1) is 8.11. The van der Waals surface area contributed by atoms with Crippen LogP contribution < -0.4 is 10.2 Å². The predicted octanol–water partition coefficient (Wildman–Crippen LogP) is 0.905. The van der Waals surface area contributed by atoms with E-state index in [1.54, 1.807) is 6.33 Å². The molecular formula is C12H21N5. The summed E-state index contributed by atoms with van der Waals surface area (Å²) in [5.41, 5.74) is 0. The molecule has 94 valence electrons. The Morgan fingerprint density at radius 3 is 2.71 bits per heavy atom. The molecule has 0 saturated carbocycles. The Kier molecular flexibility index (Phi) is 3.47. The van der Waals surface area contributed by atoms with Crippen LogP contribution in [0.25, 0.3) is 0 Å². The van der Waals surface area contributed by atoms with Crippen LogP contribution in [0.4, 0.5) is 11.6 Å². The fourth-order valence-electron chi connectivity index (χ4n) is 2.47. The van der Waals surface area contributed by atoms with Crippen molar-refractivity contribution in [3.8, 4) is 0 Å². The first-order valence-corrected chi connectivity index (χ1v) is 6.03. The molecule has 1 aromatic rings. The van der Waals surface area contributed by atoms with Crippen LogP contribution in [0.5, 0.6) is 0 Å². The number of rotatable bonds is 3. The molecule has 5 heteroatoms. The highest BCUT2D eigenvalue weighted by Gasteiger charge is 2.31. The van der Waals surface area contributed by atoms with Gasteiger partial charge in [0.05, 0.1) is 0 Å². The van der Waals surface area contributed by atoms with Crippen molar-refractivity contribution >= 4 is 11.6 Å². The summed E-state index contributed by atoms with van der Waals surface area (Å²) < 4.78 is 0. The summed E-state index contributed by atoms with van der Waals surface area (Å²) in [6, 6.07) is 2.60. The fraction of sp³-hybridized carbons (Fsp3) is 0.667. The third-order valence-electron chi connectivity index (χ3n) is 3.47. The van der Waals surface area contributed by atoms with Crippen LogP contribution in [-0.4, -0.2) is 55.1 Å². The molecule has 1 aromatic heterocycles. The number of nitrogens with zero attached hydrogens (tertiary/aromatic N) is 4. The quantitative estimate of drug-likeness (QED) is 0.843. The smallest absolute Gasteiger partial charge is 0.134 e. The number of hydrogen-bond donors (Lipinski definition) is 1. The van der Waals surface area contributed by atoms with Crippen molar-refractivity contribution in [3.63, 3.8) is 0 Å². The minimum atomic E-state index is 0.600. The van der Waals surface area contributed by atoms with Crippen LogP contribution in [0, 0.1) is 5.92 Å². The Balaban J connectivity index is 2.13. The summed E-state index contributed by atoms with van der Waals surface area (Å²) in [4.78, 5) is 13.1. The lowest BCUT2D eigenvalue weighted by atomic mass is 10.1. The van der Waals surface area contributed by atoms with E-state index in [1.807, 2.05) is 13.1 Å². The van der Waals surface area contributed by atoms with Crippen LogP contribution in [0.15, 0.2) is 12.4 Å². The van der Waals surface area contributed by atoms with Crippen molar-refractivity contribution in [2.45, 2.75) is 13.0 Å². The third kappa shape index (κ3) is 2.49. The lowest BCUT2D eigenvalue weighted by Crippen LogP contribution is -2.34. The number of nitrogens with one attached hydrogen (secondary N) is 1. The van der Waals surface area contributed by atoms with Crippen molar-refractivity contribution in [2.24, 2.45) is 5.92 Å². The lowest BCUT2D eigenvalue weighted by Gasteiger charge is -2.22. The van der Waals surface area contributed by atoms with E-state index < -0.39 is 0 Å². The third-order valence-corrected chi connectivity index (χ3v) is 3.47. The van der Waals surface area contributed by atoms with E-state index in [0.29, 0.717) is 12.0 Å². The van der Waals surface area contributed by atoms with E-state index >= 15 is 0 Å². The van der Waals surface area contributed by atoms with Crippen molar-refractivity contribution in [1.29, 1.82) is 0 Å². The van der Waals surface area contributed by atoms with Crippen molar-refractivity contribution in [3.05, 3.63) is 12.4 Å². The molecule has 2 rings (SSSR count). The Labute approximate surface area is 103 Å². The topological polar surface area (TPSA) is 44.3 Å². The molecule has 2 atom stereocenters. The Morgan fingerprint density at radius 1 is 1.35 bits per heavy atom. The molecule has 1 N–H and O–H groups in total. The number of likely N-dealkylation sites (N-methyl/N-ethyl adjacent to an activating group) is 1. The molecule has 5 nitrogen and oxygen atoms in total. The molecule has 17 heavy (non-hydrogen) atoms. The number of hydrogen-bond acceptors (Lipinski definition) is 5. The maximum Gasteiger partial charge on any atom is 0.134 e. The molecular weight excluding hydrogens is 214 g/mol. The average molecular weight is 235 g/mol. The van der Waals surface area contributed by atoms with Crippen molar-refractivity contribution in [2.75, 3.05) is 44.4 Å². The maximum atomic E-state index is 4.35. The van der Waals surface area contributed by atoms with Gasteiger partial charge in [-0.25, -0.2) is 9.97 Å². The van der Waals surface area contributed by atoms with Gasteiger partial charge in [0.25, 0.3) is 0 Å². The van der Waals surface area contributed by atoms with Crippen molar-refractivity contribution in [1.82, 2.24) is 14.9 Å². The normalized spacial score (nSPS) is 24.4. The standard InChI is InChI=1S/C12H21N5/c1-9-6-17(7-10(9)16(3)4)12-5-11(13-2)14-8-15-12/h5,8-10H,6-7H2,1-4H3,(H,13,14,15). The molecule has 1 saturated heterocycles. The van der Waals surface area contributed by atoms with Gasteiger partial charge in [-0.05, 0) is 20.0 Å². The number of anilines is 2. The summed E-state index contributed by atoms with van der Waals surface area (Å²) in [7, 11) is 6.16.